The Kier molecular flexibility index (Phi) is 5.21. The Hall–Kier alpha value is -0.860. The molecule has 1 aliphatic rings. The SMILES string of the molecule is CCC(CC)CNCC1Cc2ccccc2CN1. The first-order valence-electron chi connectivity index (χ1n) is 7.34. The Morgan fingerprint density at radius 1 is 1.22 bits per heavy atom. The first-order valence-corrected chi connectivity index (χ1v) is 7.34. The summed E-state index contributed by atoms with van der Waals surface area (Å²) in [5, 5.41) is 7.25. The number of fused-ring (bicyclic) bond motifs is 1. The van der Waals surface area contributed by atoms with Crippen molar-refractivity contribution >= 4 is 0 Å². The Labute approximate surface area is 111 Å². The summed E-state index contributed by atoms with van der Waals surface area (Å²) >= 11 is 0. The minimum absolute atomic E-state index is 0.592. The lowest BCUT2D eigenvalue weighted by molar-refractivity contribution is 0.402. The van der Waals surface area contributed by atoms with Gasteiger partial charge in [-0.1, -0.05) is 51.0 Å². The van der Waals surface area contributed by atoms with Crippen LogP contribution < -0.4 is 10.6 Å². The molecule has 2 heteroatoms. The maximum Gasteiger partial charge on any atom is 0.0236 e. The van der Waals surface area contributed by atoms with Crippen molar-refractivity contribution in [2.75, 3.05) is 13.1 Å². The van der Waals surface area contributed by atoms with Crippen LogP contribution in [0.5, 0.6) is 0 Å². The lowest BCUT2D eigenvalue weighted by Crippen LogP contribution is -2.43. The van der Waals surface area contributed by atoms with Crippen LogP contribution in [-0.2, 0) is 13.0 Å². The molecule has 0 radical (unpaired) electrons. The third-order valence-corrected chi connectivity index (χ3v) is 4.14. The van der Waals surface area contributed by atoms with Crippen molar-refractivity contribution in [3.05, 3.63) is 35.4 Å². The average molecular weight is 246 g/mol. The van der Waals surface area contributed by atoms with Crippen molar-refractivity contribution < 1.29 is 0 Å². The van der Waals surface area contributed by atoms with Gasteiger partial charge in [-0.25, -0.2) is 0 Å². The number of benzene rings is 1. The molecule has 1 aromatic rings. The lowest BCUT2D eigenvalue weighted by atomic mass is 9.95. The number of hydrogen-bond donors (Lipinski definition) is 2. The van der Waals surface area contributed by atoms with E-state index in [2.05, 4.69) is 48.7 Å². The van der Waals surface area contributed by atoms with Gasteiger partial charge in [-0.3, -0.25) is 0 Å². The van der Waals surface area contributed by atoms with Crippen LogP contribution in [0.15, 0.2) is 24.3 Å². The Balaban J connectivity index is 1.76. The van der Waals surface area contributed by atoms with Crippen molar-refractivity contribution in [2.24, 2.45) is 5.92 Å². The number of hydrogen-bond acceptors (Lipinski definition) is 2. The highest BCUT2D eigenvalue weighted by molar-refractivity contribution is 5.29. The predicted octanol–water partition coefficient (Wildman–Crippen LogP) is 2.73. The minimum Gasteiger partial charge on any atom is -0.315 e. The molecule has 1 heterocycles. The normalized spacial score (nSPS) is 18.9. The van der Waals surface area contributed by atoms with E-state index in [0.717, 1.165) is 32.0 Å². The second-order valence-corrected chi connectivity index (χ2v) is 5.39. The zero-order valence-electron chi connectivity index (χ0n) is 11.7. The van der Waals surface area contributed by atoms with Crippen LogP contribution >= 0.6 is 0 Å². The van der Waals surface area contributed by atoms with E-state index < -0.39 is 0 Å². The van der Waals surface area contributed by atoms with Gasteiger partial charge in [0, 0.05) is 19.1 Å². The van der Waals surface area contributed by atoms with Gasteiger partial charge >= 0.3 is 0 Å². The van der Waals surface area contributed by atoms with Gasteiger partial charge in [0.1, 0.15) is 0 Å². The summed E-state index contributed by atoms with van der Waals surface area (Å²) in [6.45, 7) is 7.83. The van der Waals surface area contributed by atoms with E-state index in [-0.39, 0.29) is 0 Å². The highest BCUT2D eigenvalue weighted by atomic mass is 15.0. The standard InChI is InChI=1S/C16H26N2/c1-3-13(4-2)10-17-12-16-9-14-7-5-6-8-15(14)11-18-16/h5-8,13,16-18H,3-4,9-12H2,1-2H3. The van der Waals surface area contributed by atoms with Gasteiger partial charge in [0.25, 0.3) is 0 Å². The van der Waals surface area contributed by atoms with E-state index in [1.807, 2.05) is 0 Å². The molecule has 0 saturated heterocycles. The van der Waals surface area contributed by atoms with E-state index in [1.165, 1.54) is 24.0 Å². The zero-order valence-corrected chi connectivity index (χ0v) is 11.7. The second-order valence-electron chi connectivity index (χ2n) is 5.39. The molecule has 2 rings (SSSR count). The average Bonchev–Trinajstić information content (AvgIpc) is 2.43. The van der Waals surface area contributed by atoms with Crippen LogP contribution in [0, 0.1) is 5.92 Å². The Morgan fingerprint density at radius 2 is 1.94 bits per heavy atom. The summed E-state index contributed by atoms with van der Waals surface area (Å²) in [4.78, 5) is 0. The van der Waals surface area contributed by atoms with Gasteiger partial charge in [0.05, 0.1) is 0 Å². The topological polar surface area (TPSA) is 24.1 Å². The molecule has 0 spiro atoms. The van der Waals surface area contributed by atoms with Crippen molar-refractivity contribution in [1.29, 1.82) is 0 Å². The third kappa shape index (κ3) is 3.56. The van der Waals surface area contributed by atoms with Crippen LogP contribution in [0.25, 0.3) is 0 Å². The van der Waals surface area contributed by atoms with E-state index >= 15 is 0 Å². The minimum atomic E-state index is 0.592. The summed E-state index contributed by atoms with van der Waals surface area (Å²) in [6.07, 6.45) is 3.72. The van der Waals surface area contributed by atoms with Crippen LogP contribution in [0.2, 0.25) is 0 Å². The molecule has 0 saturated carbocycles. The molecular formula is C16H26N2. The molecule has 0 aromatic heterocycles. The van der Waals surface area contributed by atoms with E-state index in [9.17, 15) is 0 Å². The first kappa shape index (κ1) is 13.6. The van der Waals surface area contributed by atoms with E-state index in [4.69, 9.17) is 0 Å². The zero-order chi connectivity index (χ0) is 12.8. The van der Waals surface area contributed by atoms with Crippen molar-refractivity contribution in [2.45, 2.75) is 45.7 Å². The molecule has 0 bridgehead atoms. The summed E-state index contributed by atoms with van der Waals surface area (Å²) in [6, 6.07) is 9.37. The van der Waals surface area contributed by atoms with E-state index in [1.54, 1.807) is 0 Å². The molecule has 1 aromatic carbocycles. The quantitative estimate of drug-likeness (QED) is 0.806. The molecule has 18 heavy (non-hydrogen) atoms. The molecule has 2 nitrogen and oxygen atoms in total. The lowest BCUT2D eigenvalue weighted by Gasteiger charge is -2.27. The summed E-state index contributed by atoms with van der Waals surface area (Å²) in [5.41, 5.74) is 2.99. The van der Waals surface area contributed by atoms with Gasteiger partial charge < -0.3 is 10.6 Å². The molecule has 1 aliphatic heterocycles. The summed E-state index contributed by atoms with van der Waals surface area (Å²) < 4.78 is 0. The molecule has 0 amide bonds. The fraction of sp³-hybridized carbons (Fsp3) is 0.625. The van der Waals surface area contributed by atoms with Crippen LogP contribution in [0.1, 0.15) is 37.8 Å². The largest absolute Gasteiger partial charge is 0.315 e. The maximum atomic E-state index is 3.63. The van der Waals surface area contributed by atoms with Gasteiger partial charge in [0.2, 0.25) is 0 Å². The fourth-order valence-corrected chi connectivity index (χ4v) is 2.70. The summed E-state index contributed by atoms with van der Waals surface area (Å²) in [7, 11) is 0. The van der Waals surface area contributed by atoms with Crippen LogP contribution in [0.3, 0.4) is 0 Å². The molecule has 0 aliphatic carbocycles. The van der Waals surface area contributed by atoms with Crippen molar-refractivity contribution in [3.8, 4) is 0 Å². The van der Waals surface area contributed by atoms with Crippen LogP contribution in [0.4, 0.5) is 0 Å². The highest BCUT2D eigenvalue weighted by Crippen LogP contribution is 2.15. The molecular weight excluding hydrogens is 220 g/mol. The van der Waals surface area contributed by atoms with Gasteiger partial charge in [-0.2, -0.15) is 0 Å². The molecule has 2 N–H and O–H groups in total. The molecule has 1 unspecified atom stereocenters. The van der Waals surface area contributed by atoms with Gasteiger partial charge in [0.15, 0.2) is 0 Å². The van der Waals surface area contributed by atoms with Gasteiger partial charge in [-0.15, -0.1) is 0 Å². The monoisotopic (exact) mass is 246 g/mol. The highest BCUT2D eigenvalue weighted by Gasteiger charge is 2.17. The maximum absolute atomic E-state index is 3.63. The summed E-state index contributed by atoms with van der Waals surface area (Å²) in [5.74, 6) is 0.834. The predicted molar refractivity (Wildman–Crippen MR) is 77.7 cm³/mol. The van der Waals surface area contributed by atoms with Crippen molar-refractivity contribution in [3.63, 3.8) is 0 Å². The Morgan fingerprint density at radius 3 is 2.67 bits per heavy atom. The first-order chi connectivity index (χ1) is 8.83. The number of rotatable bonds is 6. The fourth-order valence-electron chi connectivity index (χ4n) is 2.70. The van der Waals surface area contributed by atoms with E-state index in [0.29, 0.717) is 6.04 Å². The smallest absolute Gasteiger partial charge is 0.0236 e. The van der Waals surface area contributed by atoms with Crippen LogP contribution in [-0.4, -0.2) is 19.1 Å². The second kappa shape index (κ2) is 6.91. The molecule has 0 fully saturated rings. The van der Waals surface area contributed by atoms with Gasteiger partial charge in [-0.05, 0) is 30.0 Å². The third-order valence-electron chi connectivity index (χ3n) is 4.14. The number of nitrogens with one attached hydrogen (secondary N) is 2. The van der Waals surface area contributed by atoms with Crippen molar-refractivity contribution in [1.82, 2.24) is 10.6 Å². The Bertz CT molecular complexity index is 358. The molecule has 1 atom stereocenters. The molecule has 100 valence electrons.